The Labute approximate surface area is 160 Å². The summed E-state index contributed by atoms with van der Waals surface area (Å²) in [5.41, 5.74) is 8.63. The molecule has 112 valence electrons. The van der Waals surface area contributed by atoms with Crippen molar-refractivity contribution < 1.29 is 0 Å². The van der Waals surface area contributed by atoms with E-state index >= 15 is 0 Å². The van der Waals surface area contributed by atoms with Gasteiger partial charge < -0.3 is 0 Å². The number of hydrogen-bond donors (Lipinski definition) is 0. The summed E-state index contributed by atoms with van der Waals surface area (Å²) in [6, 6.07) is 20.2. The molecule has 0 radical (unpaired) electrons. The molecule has 6 rings (SSSR count). The third kappa shape index (κ3) is 2.00. The SMILES string of the molecule is Brc1ccc2c(c1)C1c3ccc(Br)cc3C2c2cc(Br)ccc21. The fraction of sp³-hybridized carbons (Fsp3) is 0.100. The third-order valence-electron chi connectivity index (χ3n) is 5.01. The van der Waals surface area contributed by atoms with Crippen molar-refractivity contribution in [2.45, 2.75) is 11.8 Å². The Morgan fingerprint density at radius 3 is 1.09 bits per heavy atom. The van der Waals surface area contributed by atoms with E-state index in [1.54, 1.807) is 0 Å². The van der Waals surface area contributed by atoms with Crippen LogP contribution in [-0.2, 0) is 0 Å². The van der Waals surface area contributed by atoms with Crippen molar-refractivity contribution in [2.75, 3.05) is 0 Å². The van der Waals surface area contributed by atoms with Gasteiger partial charge in [0.2, 0.25) is 0 Å². The molecule has 3 heteroatoms. The largest absolute Gasteiger partial charge is 0.0566 e. The summed E-state index contributed by atoms with van der Waals surface area (Å²) in [5, 5.41) is 0. The molecule has 3 aromatic rings. The second kappa shape index (κ2) is 5.05. The quantitative estimate of drug-likeness (QED) is 0.220. The summed E-state index contributed by atoms with van der Waals surface area (Å²) < 4.78 is 3.46. The highest BCUT2D eigenvalue weighted by molar-refractivity contribution is 9.11. The Morgan fingerprint density at radius 2 is 0.739 bits per heavy atom. The average molecular weight is 491 g/mol. The molecule has 0 saturated heterocycles. The van der Waals surface area contributed by atoms with E-state index in [0.29, 0.717) is 11.8 Å². The van der Waals surface area contributed by atoms with Gasteiger partial charge in [-0.25, -0.2) is 0 Å². The van der Waals surface area contributed by atoms with Gasteiger partial charge >= 0.3 is 0 Å². The number of hydrogen-bond acceptors (Lipinski definition) is 0. The lowest BCUT2D eigenvalue weighted by Gasteiger charge is -2.42. The molecule has 0 fully saturated rings. The maximum Gasteiger partial charge on any atom is 0.0350 e. The average Bonchev–Trinajstić information content (AvgIpc) is 2.53. The zero-order chi connectivity index (χ0) is 15.7. The number of halogens is 3. The van der Waals surface area contributed by atoms with Crippen LogP contribution in [0.4, 0.5) is 0 Å². The summed E-state index contributed by atoms with van der Waals surface area (Å²) in [4.78, 5) is 0. The summed E-state index contributed by atoms with van der Waals surface area (Å²) in [6.07, 6.45) is 0. The van der Waals surface area contributed by atoms with E-state index in [2.05, 4.69) is 102 Å². The lowest BCUT2D eigenvalue weighted by atomic mass is 9.61. The fourth-order valence-corrected chi connectivity index (χ4v) is 5.32. The molecular weight excluding hydrogens is 480 g/mol. The molecule has 3 aliphatic rings. The zero-order valence-electron chi connectivity index (χ0n) is 12.0. The predicted molar refractivity (Wildman–Crippen MR) is 104 cm³/mol. The topological polar surface area (TPSA) is 0 Å². The van der Waals surface area contributed by atoms with Crippen LogP contribution in [0.3, 0.4) is 0 Å². The zero-order valence-corrected chi connectivity index (χ0v) is 16.7. The minimum atomic E-state index is 0.322. The molecule has 0 saturated carbocycles. The van der Waals surface area contributed by atoms with Crippen molar-refractivity contribution in [2.24, 2.45) is 0 Å². The highest BCUT2D eigenvalue weighted by Crippen LogP contribution is 2.56. The first-order valence-corrected chi connectivity index (χ1v) is 9.89. The summed E-state index contributed by atoms with van der Waals surface area (Å²) in [5.74, 6) is 0.654. The first-order chi connectivity index (χ1) is 11.1. The maximum absolute atomic E-state index is 3.65. The Hall–Kier alpha value is -0.900. The van der Waals surface area contributed by atoms with Crippen molar-refractivity contribution in [1.29, 1.82) is 0 Å². The molecule has 0 atom stereocenters. The van der Waals surface area contributed by atoms with Crippen LogP contribution in [0.5, 0.6) is 0 Å². The van der Waals surface area contributed by atoms with Crippen molar-refractivity contribution in [3.63, 3.8) is 0 Å². The minimum Gasteiger partial charge on any atom is -0.0566 e. The van der Waals surface area contributed by atoms with Gasteiger partial charge in [0.15, 0.2) is 0 Å². The van der Waals surface area contributed by atoms with Crippen LogP contribution in [-0.4, -0.2) is 0 Å². The molecule has 0 heterocycles. The van der Waals surface area contributed by atoms with Crippen LogP contribution in [0.25, 0.3) is 0 Å². The van der Waals surface area contributed by atoms with Gasteiger partial charge in [-0.3, -0.25) is 0 Å². The van der Waals surface area contributed by atoms with Gasteiger partial charge in [0.25, 0.3) is 0 Å². The molecule has 0 unspecified atom stereocenters. The van der Waals surface area contributed by atoms with Crippen molar-refractivity contribution in [3.05, 3.63) is 101 Å². The summed E-state index contributed by atoms with van der Waals surface area (Å²) in [7, 11) is 0. The second-order valence-corrected chi connectivity index (χ2v) is 8.93. The van der Waals surface area contributed by atoms with Gasteiger partial charge in [0.05, 0.1) is 0 Å². The van der Waals surface area contributed by atoms with E-state index in [0.717, 1.165) is 13.4 Å². The summed E-state index contributed by atoms with van der Waals surface area (Å²) >= 11 is 11.0. The Balaban J connectivity index is 1.90. The van der Waals surface area contributed by atoms with E-state index in [4.69, 9.17) is 0 Å². The fourth-order valence-electron chi connectivity index (χ4n) is 4.18. The van der Waals surface area contributed by atoms with Crippen LogP contribution in [0.15, 0.2) is 68.0 Å². The summed E-state index contributed by atoms with van der Waals surface area (Å²) in [6.45, 7) is 0. The highest BCUT2D eigenvalue weighted by Gasteiger charge is 2.41. The molecule has 0 amide bonds. The third-order valence-corrected chi connectivity index (χ3v) is 6.49. The highest BCUT2D eigenvalue weighted by atomic mass is 79.9. The predicted octanol–water partition coefficient (Wildman–Crippen LogP) is 6.96. The standard InChI is InChI=1S/C20H11Br3/c21-10-3-6-15-16(7-10)19-13-4-1-11(22)8-17(13)20(15)18-9-12(23)2-5-14(18)19/h1-9,19-20H. The van der Waals surface area contributed by atoms with Gasteiger partial charge in [-0.05, 0) is 69.8 Å². The van der Waals surface area contributed by atoms with Crippen molar-refractivity contribution in [1.82, 2.24) is 0 Å². The smallest absolute Gasteiger partial charge is 0.0350 e. The minimum absolute atomic E-state index is 0.322. The van der Waals surface area contributed by atoms with Gasteiger partial charge in [-0.15, -0.1) is 0 Å². The molecule has 3 aromatic carbocycles. The molecule has 23 heavy (non-hydrogen) atoms. The van der Waals surface area contributed by atoms with Crippen LogP contribution < -0.4 is 0 Å². The second-order valence-electron chi connectivity index (χ2n) is 6.19. The first kappa shape index (κ1) is 14.4. The molecule has 3 aliphatic carbocycles. The lowest BCUT2D eigenvalue weighted by molar-refractivity contribution is 0.752. The van der Waals surface area contributed by atoms with Crippen LogP contribution in [0.1, 0.15) is 45.2 Å². The Bertz CT molecular complexity index is 921. The Morgan fingerprint density at radius 1 is 0.435 bits per heavy atom. The monoisotopic (exact) mass is 488 g/mol. The van der Waals surface area contributed by atoms with Crippen molar-refractivity contribution >= 4 is 47.8 Å². The van der Waals surface area contributed by atoms with Gasteiger partial charge in [-0.2, -0.15) is 0 Å². The van der Waals surface area contributed by atoms with Crippen molar-refractivity contribution in [3.8, 4) is 0 Å². The van der Waals surface area contributed by atoms with Crippen LogP contribution in [0, 0.1) is 0 Å². The molecule has 2 bridgehead atoms. The molecule has 0 aliphatic heterocycles. The lowest BCUT2D eigenvalue weighted by Crippen LogP contribution is -2.27. The van der Waals surface area contributed by atoms with Crippen LogP contribution in [0.2, 0.25) is 0 Å². The molecular formula is C20H11Br3. The first-order valence-electron chi connectivity index (χ1n) is 7.51. The van der Waals surface area contributed by atoms with E-state index in [1.165, 1.54) is 33.4 Å². The van der Waals surface area contributed by atoms with E-state index in [9.17, 15) is 0 Å². The Kier molecular flexibility index (Phi) is 3.17. The van der Waals surface area contributed by atoms with Gasteiger partial charge in [0, 0.05) is 25.3 Å². The molecule has 0 spiro atoms. The molecule has 0 aromatic heterocycles. The molecule has 0 nitrogen and oxygen atoms in total. The van der Waals surface area contributed by atoms with E-state index < -0.39 is 0 Å². The van der Waals surface area contributed by atoms with E-state index in [-0.39, 0.29) is 0 Å². The van der Waals surface area contributed by atoms with Crippen LogP contribution >= 0.6 is 47.8 Å². The number of rotatable bonds is 0. The number of benzene rings is 3. The van der Waals surface area contributed by atoms with Gasteiger partial charge in [-0.1, -0.05) is 66.0 Å². The molecule has 0 N–H and O–H groups in total. The normalized spacial score (nSPS) is 20.0. The van der Waals surface area contributed by atoms with E-state index in [1.807, 2.05) is 0 Å². The van der Waals surface area contributed by atoms with Gasteiger partial charge in [0.1, 0.15) is 0 Å². The maximum atomic E-state index is 3.65.